The van der Waals surface area contributed by atoms with Crippen LogP contribution < -0.4 is 0 Å². The number of cyclic esters (lactones) is 2. The molecule has 3 aliphatic rings. The van der Waals surface area contributed by atoms with Gasteiger partial charge in [-0.15, -0.1) is 0 Å². The molecule has 4 bridgehead atoms. The van der Waals surface area contributed by atoms with E-state index in [0.29, 0.717) is 77.0 Å². The zero-order valence-electron chi connectivity index (χ0n) is 36.4. The second-order valence-corrected chi connectivity index (χ2v) is 17.3. The van der Waals surface area contributed by atoms with Crippen molar-refractivity contribution in [3.05, 3.63) is 48.6 Å². The molecular weight excluding hydrogens is 776 g/mol. The molecule has 0 unspecified atom stereocenters. The minimum absolute atomic E-state index is 0.124. The fourth-order valence-corrected chi connectivity index (χ4v) is 7.82. The van der Waals surface area contributed by atoms with Crippen LogP contribution in [0.25, 0.3) is 0 Å². The molecule has 2 fully saturated rings. The highest BCUT2D eigenvalue weighted by atomic mass is 16.7. The summed E-state index contributed by atoms with van der Waals surface area (Å²) in [4.78, 5) is 52.2. The van der Waals surface area contributed by atoms with Gasteiger partial charge in [0.25, 0.3) is 0 Å². The first-order chi connectivity index (χ1) is 28.3. The molecule has 0 amide bonds. The lowest BCUT2D eigenvalue weighted by Crippen LogP contribution is -2.59. The van der Waals surface area contributed by atoms with Gasteiger partial charge in [-0.3, -0.25) is 9.59 Å². The Bertz CT molecular complexity index is 1400. The first-order valence-corrected chi connectivity index (χ1v) is 21.9. The van der Waals surface area contributed by atoms with E-state index in [2.05, 4.69) is 0 Å². The Kier molecular flexibility index (Phi) is 21.0. The molecule has 0 saturated carbocycles. The van der Waals surface area contributed by atoms with E-state index in [1.165, 1.54) is 0 Å². The third-order valence-corrected chi connectivity index (χ3v) is 12.3. The number of hydrogen-bond acceptors (Lipinski definition) is 14. The summed E-state index contributed by atoms with van der Waals surface area (Å²) >= 11 is 0. The number of hydrogen-bond donors (Lipinski definition) is 6. The van der Waals surface area contributed by atoms with Gasteiger partial charge in [0, 0.05) is 36.5 Å². The first-order valence-electron chi connectivity index (χ1n) is 21.9. The molecule has 0 spiro atoms. The van der Waals surface area contributed by atoms with Gasteiger partial charge >= 0.3 is 11.9 Å². The summed E-state index contributed by atoms with van der Waals surface area (Å²) in [6, 6.07) is 0. The van der Waals surface area contributed by atoms with Crippen LogP contribution in [0.4, 0.5) is 0 Å². The maximum Gasteiger partial charge on any atom is 0.340 e. The molecule has 14 heteroatoms. The number of fused-ring (bicyclic) bond motifs is 4. The van der Waals surface area contributed by atoms with Gasteiger partial charge in [0.15, 0.2) is 0 Å². The number of aliphatic hydroxyl groups is 6. The van der Waals surface area contributed by atoms with Crippen LogP contribution in [0.1, 0.15) is 131 Å². The van der Waals surface area contributed by atoms with E-state index in [1.54, 1.807) is 53.7 Å². The molecule has 14 atom stereocenters. The molecule has 0 aromatic carbocycles. The van der Waals surface area contributed by atoms with Crippen molar-refractivity contribution in [1.82, 2.24) is 0 Å². The lowest BCUT2D eigenvalue weighted by atomic mass is 9.82. The number of esters is 2. The van der Waals surface area contributed by atoms with Crippen molar-refractivity contribution in [1.29, 1.82) is 0 Å². The smallest absolute Gasteiger partial charge is 0.340 e. The summed E-state index contributed by atoms with van der Waals surface area (Å²) in [6.45, 7) is 9.96. The van der Waals surface area contributed by atoms with Crippen molar-refractivity contribution >= 4 is 23.5 Å². The van der Waals surface area contributed by atoms with Gasteiger partial charge < -0.3 is 49.6 Å². The minimum Gasteiger partial charge on any atom is -0.461 e. The van der Waals surface area contributed by atoms with Crippen LogP contribution in [0.2, 0.25) is 0 Å². The van der Waals surface area contributed by atoms with E-state index in [4.69, 9.17) is 18.9 Å². The average Bonchev–Trinajstić information content (AvgIpc) is 3.20. The lowest BCUT2D eigenvalue weighted by molar-refractivity contribution is -0.322. The third kappa shape index (κ3) is 15.1. The topological polar surface area (TPSA) is 227 Å². The Hall–Kier alpha value is -3.08. The summed E-state index contributed by atoms with van der Waals surface area (Å²) in [7, 11) is 0. The molecule has 2 saturated heterocycles. The Morgan fingerprint density at radius 1 is 0.483 bits per heavy atom. The summed E-state index contributed by atoms with van der Waals surface area (Å²) in [5.41, 5.74) is 0. The van der Waals surface area contributed by atoms with Gasteiger partial charge in [0.1, 0.15) is 11.6 Å². The van der Waals surface area contributed by atoms with Gasteiger partial charge in [-0.1, -0.05) is 76.3 Å². The van der Waals surface area contributed by atoms with Crippen LogP contribution in [0.15, 0.2) is 48.6 Å². The zero-order chi connectivity index (χ0) is 44.6. The Labute approximate surface area is 355 Å². The molecule has 3 aliphatic heterocycles. The monoisotopic (exact) mass is 848 g/mol. The largest absolute Gasteiger partial charge is 0.461 e. The van der Waals surface area contributed by atoms with Gasteiger partial charge in [-0.25, -0.2) is 9.59 Å². The van der Waals surface area contributed by atoms with Gasteiger partial charge in [0.2, 0.25) is 23.8 Å². The van der Waals surface area contributed by atoms with E-state index in [-0.39, 0.29) is 24.4 Å². The zero-order valence-corrected chi connectivity index (χ0v) is 36.4. The molecule has 340 valence electrons. The van der Waals surface area contributed by atoms with Gasteiger partial charge in [-0.05, 0) is 90.9 Å². The van der Waals surface area contributed by atoms with Crippen LogP contribution in [0.5, 0.6) is 0 Å². The van der Waals surface area contributed by atoms with E-state index >= 15 is 0 Å². The van der Waals surface area contributed by atoms with Crippen molar-refractivity contribution in [2.75, 3.05) is 0 Å². The summed E-state index contributed by atoms with van der Waals surface area (Å²) in [5.74, 6) is -9.77. The number of carbonyl (C=O) groups is 4. The summed E-state index contributed by atoms with van der Waals surface area (Å²) < 4.78 is 22.7. The lowest BCUT2D eigenvalue weighted by Gasteiger charge is -2.45. The minimum atomic E-state index is -2.26. The van der Waals surface area contributed by atoms with Crippen molar-refractivity contribution in [3.8, 4) is 0 Å². The Balaban J connectivity index is 1.67. The van der Waals surface area contributed by atoms with Crippen molar-refractivity contribution < 1.29 is 68.8 Å². The number of carbonyl (C=O) groups excluding carboxylic acids is 4. The molecule has 0 aromatic rings. The highest BCUT2D eigenvalue weighted by molar-refractivity contribution is 5.82. The average molecular weight is 849 g/mol. The van der Waals surface area contributed by atoms with Crippen LogP contribution >= 0.6 is 0 Å². The maximum atomic E-state index is 13.1. The molecule has 6 N–H and O–H groups in total. The third-order valence-electron chi connectivity index (χ3n) is 12.3. The van der Waals surface area contributed by atoms with Crippen LogP contribution in [-0.4, -0.2) is 115 Å². The molecule has 3 heterocycles. The molecule has 14 nitrogen and oxygen atoms in total. The first kappa shape index (κ1) is 51.3. The predicted molar refractivity (Wildman–Crippen MR) is 223 cm³/mol. The number of ether oxygens (including phenoxy) is 4. The Morgan fingerprint density at radius 2 is 0.800 bits per heavy atom. The fraction of sp³-hybridized carbons (Fsp3) is 0.739. The molecule has 0 aliphatic carbocycles. The number of rotatable bonds is 0. The molecule has 3 rings (SSSR count). The van der Waals surface area contributed by atoms with Gasteiger partial charge in [0.05, 0.1) is 36.6 Å². The molecule has 0 radical (unpaired) electrons. The fourth-order valence-electron chi connectivity index (χ4n) is 7.82. The predicted octanol–water partition coefficient (Wildman–Crippen LogP) is 4.85. The van der Waals surface area contributed by atoms with E-state index in [1.807, 2.05) is 36.5 Å². The molecule has 60 heavy (non-hydrogen) atoms. The normalized spacial score (nSPS) is 42.3. The number of aliphatic hydroxyl groups excluding tert-OH is 4. The van der Waals surface area contributed by atoms with Crippen LogP contribution in [0.3, 0.4) is 0 Å². The standard InChI is InChI=1S/C46H72O14/c1-29-23-25-39-33(5)37(49)27-35(47)21-17-13-10-8-12-16-20-32(4)58-44(54)42(52)46(56)30(2)24-26-40(60-46)34(6)38(50)28-36(48)22-18-14-9-7-11-15-19-31(3)57-43(53)41(51)45(29,55)59-39/h7-14,29-36,39-42,47-48,51-52,55-56H,15-28H2,1-6H3/b11-7-,12-8-,13-10+,14-9+/t29-,30-,31-,32-,33-,34-,35-,36+,39+,40+,41+,42-,45-,46-/m1/s1. The highest BCUT2D eigenvalue weighted by Crippen LogP contribution is 2.39. The van der Waals surface area contributed by atoms with Crippen LogP contribution in [-0.2, 0) is 38.1 Å². The molecule has 0 aromatic heterocycles. The van der Waals surface area contributed by atoms with Crippen molar-refractivity contribution in [2.24, 2.45) is 23.7 Å². The quantitative estimate of drug-likeness (QED) is 0.179. The van der Waals surface area contributed by atoms with E-state index < -0.39 is 96.0 Å². The Morgan fingerprint density at radius 3 is 1.13 bits per heavy atom. The summed E-state index contributed by atoms with van der Waals surface area (Å²) in [6.07, 6.45) is 11.1. The highest BCUT2D eigenvalue weighted by Gasteiger charge is 2.53. The second kappa shape index (κ2) is 24.5. The number of ketones is 2. The van der Waals surface area contributed by atoms with Gasteiger partial charge in [-0.2, -0.15) is 0 Å². The van der Waals surface area contributed by atoms with E-state index in [9.17, 15) is 49.8 Å². The maximum absolute atomic E-state index is 13.1. The van der Waals surface area contributed by atoms with Crippen molar-refractivity contribution in [2.45, 2.75) is 192 Å². The van der Waals surface area contributed by atoms with Crippen LogP contribution in [0, 0.1) is 23.7 Å². The number of Topliss-reactive ketones (excluding diaryl/α,β-unsaturated/α-hetero) is 2. The SMILES string of the molecule is C[C@@H]1CC/C=C\C=C\CC[C@@H](O)CC(=O)[C@@H](C)[C@@H]2CC[C@@H](C)[C@@](O)(O2)[C@@H](O)C(=O)O[C@H](C)CC/C=C\C=C\CC[C@H](O)CC(=O)[C@@H](C)[C@@H]2CC[C@@H](C)[C@@](O)(O2)[C@H](O)C(=O)O1. The summed E-state index contributed by atoms with van der Waals surface area (Å²) in [5, 5.41) is 66.0. The molecular formula is C46H72O14. The van der Waals surface area contributed by atoms with Crippen molar-refractivity contribution in [3.63, 3.8) is 0 Å². The van der Waals surface area contributed by atoms with E-state index in [0.717, 1.165) is 0 Å². The second-order valence-electron chi connectivity index (χ2n) is 17.3. The number of allylic oxidation sites excluding steroid dienone is 8.